The summed E-state index contributed by atoms with van der Waals surface area (Å²) in [5, 5.41) is 2.57. The maximum atomic E-state index is 5.81. The van der Waals surface area contributed by atoms with Gasteiger partial charge < -0.3 is 5.73 Å². The Morgan fingerprint density at radius 3 is 2.56 bits per heavy atom. The molecule has 0 spiro atoms. The lowest BCUT2D eigenvalue weighted by atomic mass is 10.1. The van der Waals surface area contributed by atoms with E-state index in [1.165, 1.54) is 20.2 Å². The number of thiophene rings is 1. The molecule has 0 aliphatic carbocycles. The summed E-state index contributed by atoms with van der Waals surface area (Å²) < 4.78 is 2.53. The minimum Gasteiger partial charge on any atom is -0.399 e. The molecule has 2 N–H and O–H groups in total. The molecule has 0 saturated carbocycles. The average Bonchev–Trinajstić information content (AvgIpc) is 2.67. The second kappa shape index (κ2) is 3.35. The molecular weight excluding hydrogens is 214 g/mol. The van der Waals surface area contributed by atoms with Crippen LogP contribution < -0.4 is 5.73 Å². The Kier molecular flexibility index (Phi) is 1.98. The van der Waals surface area contributed by atoms with E-state index in [0.29, 0.717) is 5.70 Å². The van der Waals surface area contributed by atoms with Crippen LogP contribution >= 0.6 is 11.3 Å². The van der Waals surface area contributed by atoms with Crippen molar-refractivity contribution in [3.05, 3.63) is 54.6 Å². The Balaban J connectivity index is 2.54. The molecule has 0 aliphatic rings. The summed E-state index contributed by atoms with van der Waals surface area (Å²) in [7, 11) is 0. The van der Waals surface area contributed by atoms with Gasteiger partial charge in [0.15, 0.2) is 0 Å². The van der Waals surface area contributed by atoms with E-state index in [2.05, 4.69) is 36.9 Å². The first-order chi connectivity index (χ1) is 7.77. The van der Waals surface area contributed by atoms with Gasteiger partial charge in [0.1, 0.15) is 0 Å². The van der Waals surface area contributed by atoms with Crippen molar-refractivity contribution in [2.24, 2.45) is 5.73 Å². The van der Waals surface area contributed by atoms with Crippen LogP contribution in [0.25, 0.3) is 25.9 Å². The van der Waals surface area contributed by atoms with Gasteiger partial charge in [-0.05, 0) is 6.07 Å². The third-order valence-corrected chi connectivity index (χ3v) is 3.97. The fourth-order valence-corrected chi connectivity index (χ4v) is 3.25. The molecule has 0 saturated heterocycles. The highest BCUT2D eigenvalue weighted by atomic mass is 32.1. The zero-order chi connectivity index (χ0) is 11.1. The van der Waals surface area contributed by atoms with Gasteiger partial charge in [-0.3, -0.25) is 0 Å². The van der Waals surface area contributed by atoms with Crippen molar-refractivity contribution >= 4 is 37.2 Å². The van der Waals surface area contributed by atoms with Crippen LogP contribution in [-0.4, -0.2) is 0 Å². The smallest absolute Gasteiger partial charge is 0.0448 e. The average molecular weight is 225 g/mol. The Morgan fingerprint density at radius 2 is 1.75 bits per heavy atom. The largest absolute Gasteiger partial charge is 0.399 e. The van der Waals surface area contributed by atoms with E-state index in [1.807, 2.05) is 12.1 Å². The lowest BCUT2D eigenvalue weighted by molar-refractivity contribution is 1.59. The fourth-order valence-electron chi connectivity index (χ4n) is 2.00. The minimum atomic E-state index is 0.636. The predicted octanol–water partition coefficient (Wildman–Crippen LogP) is 3.98. The molecule has 3 rings (SSSR count). The Labute approximate surface area is 97.8 Å². The van der Waals surface area contributed by atoms with Crippen molar-refractivity contribution in [2.45, 2.75) is 0 Å². The molecule has 1 nitrogen and oxygen atoms in total. The van der Waals surface area contributed by atoms with Crippen LogP contribution in [0.4, 0.5) is 0 Å². The normalized spacial score (nSPS) is 11.0. The number of rotatable bonds is 1. The molecule has 0 amide bonds. The van der Waals surface area contributed by atoms with E-state index in [4.69, 9.17) is 5.73 Å². The van der Waals surface area contributed by atoms with Gasteiger partial charge in [-0.15, -0.1) is 11.3 Å². The van der Waals surface area contributed by atoms with Gasteiger partial charge >= 0.3 is 0 Å². The quantitative estimate of drug-likeness (QED) is 0.666. The zero-order valence-corrected chi connectivity index (χ0v) is 9.55. The highest BCUT2D eigenvalue weighted by molar-refractivity contribution is 7.26. The van der Waals surface area contributed by atoms with Crippen LogP contribution in [0.1, 0.15) is 5.56 Å². The highest BCUT2D eigenvalue weighted by Crippen LogP contribution is 2.36. The van der Waals surface area contributed by atoms with Crippen molar-refractivity contribution in [1.82, 2.24) is 0 Å². The van der Waals surface area contributed by atoms with Crippen molar-refractivity contribution in [2.75, 3.05) is 0 Å². The lowest BCUT2D eigenvalue weighted by Gasteiger charge is -2.00. The van der Waals surface area contributed by atoms with Gasteiger partial charge in [0, 0.05) is 31.4 Å². The number of nitrogens with two attached hydrogens (primary N) is 1. The van der Waals surface area contributed by atoms with E-state index in [-0.39, 0.29) is 0 Å². The standard InChI is InChI=1S/C14H11NS/c1-9(15)10-6-4-7-12-11-5-2-3-8-13(11)16-14(10)12/h2-8H,1,15H2. The fraction of sp³-hybridized carbons (Fsp3) is 0. The first-order valence-electron chi connectivity index (χ1n) is 5.12. The molecule has 0 atom stereocenters. The summed E-state index contributed by atoms with van der Waals surface area (Å²) in [4.78, 5) is 0. The van der Waals surface area contributed by atoms with Crippen LogP contribution in [0.2, 0.25) is 0 Å². The van der Waals surface area contributed by atoms with Gasteiger partial charge in [0.25, 0.3) is 0 Å². The van der Waals surface area contributed by atoms with E-state index in [1.54, 1.807) is 11.3 Å². The lowest BCUT2D eigenvalue weighted by Crippen LogP contribution is -1.92. The van der Waals surface area contributed by atoms with Crippen molar-refractivity contribution in [3.63, 3.8) is 0 Å². The molecule has 78 valence electrons. The molecule has 0 aliphatic heterocycles. The summed E-state index contributed by atoms with van der Waals surface area (Å²) in [6.45, 7) is 3.83. The first kappa shape index (κ1) is 9.43. The summed E-state index contributed by atoms with van der Waals surface area (Å²) in [6.07, 6.45) is 0. The predicted molar refractivity (Wildman–Crippen MR) is 72.6 cm³/mol. The second-order valence-electron chi connectivity index (χ2n) is 3.81. The third kappa shape index (κ3) is 1.24. The molecule has 2 heteroatoms. The number of hydrogen-bond acceptors (Lipinski definition) is 2. The summed E-state index contributed by atoms with van der Waals surface area (Å²) in [5.41, 5.74) is 7.50. The molecule has 1 heterocycles. The number of benzene rings is 2. The Morgan fingerprint density at radius 1 is 1.00 bits per heavy atom. The van der Waals surface area contributed by atoms with Crippen LogP contribution in [-0.2, 0) is 0 Å². The maximum absolute atomic E-state index is 5.81. The van der Waals surface area contributed by atoms with Crippen LogP contribution in [0.3, 0.4) is 0 Å². The summed E-state index contributed by atoms with van der Waals surface area (Å²) in [6, 6.07) is 14.6. The molecule has 0 radical (unpaired) electrons. The topological polar surface area (TPSA) is 26.0 Å². The monoisotopic (exact) mass is 225 g/mol. The molecule has 0 unspecified atom stereocenters. The number of fused-ring (bicyclic) bond motifs is 3. The summed E-state index contributed by atoms with van der Waals surface area (Å²) in [5.74, 6) is 0. The van der Waals surface area contributed by atoms with Crippen molar-refractivity contribution in [1.29, 1.82) is 0 Å². The van der Waals surface area contributed by atoms with Crippen LogP contribution in [0.5, 0.6) is 0 Å². The van der Waals surface area contributed by atoms with E-state index >= 15 is 0 Å². The Hall–Kier alpha value is -1.80. The molecule has 16 heavy (non-hydrogen) atoms. The minimum absolute atomic E-state index is 0.636. The second-order valence-corrected chi connectivity index (χ2v) is 4.86. The maximum Gasteiger partial charge on any atom is 0.0448 e. The van der Waals surface area contributed by atoms with Crippen LogP contribution in [0, 0.1) is 0 Å². The van der Waals surface area contributed by atoms with E-state index in [0.717, 1.165) is 5.56 Å². The first-order valence-corrected chi connectivity index (χ1v) is 5.94. The molecule has 1 aromatic heterocycles. The summed E-state index contributed by atoms with van der Waals surface area (Å²) >= 11 is 1.78. The molecule has 0 fully saturated rings. The molecule has 0 bridgehead atoms. The highest BCUT2D eigenvalue weighted by Gasteiger charge is 2.08. The Bertz CT molecular complexity index is 694. The van der Waals surface area contributed by atoms with Gasteiger partial charge in [-0.1, -0.05) is 43.0 Å². The van der Waals surface area contributed by atoms with Gasteiger partial charge in [-0.25, -0.2) is 0 Å². The van der Waals surface area contributed by atoms with Gasteiger partial charge in [0.05, 0.1) is 0 Å². The zero-order valence-electron chi connectivity index (χ0n) is 8.73. The third-order valence-electron chi connectivity index (χ3n) is 2.75. The van der Waals surface area contributed by atoms with E-state index in [9.17, 15) is 0 Å². The van der Waals surface area contributed by atoms with Crippen LogP contribution in [0.15, 0.2) is 49.0 Å². The van der Waals surface area contributed by atoms with E-state index < -0.39 is 0 Å². The molecular formula is C14H11NS. The van der Waals surface area contributed by atoms with Crippen molar-refractivity contribution < 1.29 is 0 Å². The molecule has 2 aromatic carbocycles. The van der Waals surface area contributed by atoms with Gasteiger partial charge in [0.2, 0.25) is 0 Å². The van der Waals surface area contributed by atoms with Crippen molar-refractivity contribution in [3.8, 4) is 0 Å². The SMILES string of the molecule is C=C(N)c1cccc2c1sc1ccccc12. The molecule has 3 aromatic rings. The number of hydrogen-bond donors (Lipinski definition) is 1. The van der Waals surface area contributed by atoms with Gasteiger partial charge in [-0.2, -0.15) is 0 Å².